The van der Waals surface area contributed by atoms with Crippen molar-refractivity contribution in [1.82, 2.24) is 5.32 Å². The fourth-order valence-corrected chi connectivity index (χ4v) is 3.54. The number of halogens is 1. The van der Waals surface area contributed by atoms with Crippen LogP contribution in [-0.4, -0.2) is 37.7 Å². The van der Waals surface area contributed by atoms with E-state index in [1.807, 2.05) is 24.3 Å². The lowest BCUT2D eigenvalue weighted by Gasteiger charge is -2.27. The van der Waals surface area contributed by atoms with Crippen molar-refractivity contribution in [3.8, 4) is 0 Å². The smallest absolute Gasteiger partial charge is 0.338 e. The van der Waals surface area contributed by atoms with Gasteiger partial charge < -0.3 is 15.0 Å². The summed E-state index contributed by atoms with van der Waals surface area (Å²) in [5.74, 6) is -0.227. The Balaban J connectivity index is 0.00000338. The van der Waals surface area contributed by atoms with Crippen molar-refractivity contribution in [2.24, 2.45) is 0 Å². The van der Waals surface area contributed by atoms with Gasteiger partial charge in [-0.15, -0.1) is 12.4 Å². The second-order valence-corrected chi connectivity index (χ2v) is 6.92. The molecule has 0 aliphatic heterocycles. The Morgan fingerprint density at radius 2 is 1.73 bits per heavy atom. The van der Waals surface area contributed by atoms with E-state index in [0.717, 1.165) is 25.2 Å². The average Bonchev–Trinajstić information content (AvgIpc) is 2.67. The highest BCUT2D eigenvalue weighted by molar-refractivity contribution is 5.89. The van der Waals surface area contributed by atoms with Crippen LogP contribution in [0.15, 0.2) is 24.3 Å². The lowest BCUT2D eigenvalue weighted by molar-refractivity contribution is 0.0453. The second-order valence-electron chi connectivity index (χ2n) is 6.92. The molecule has 0 bridgehead atoms. The molecule has 1 atom stereocenters. The topological polar surface area (TPSA) is 41.6 Å². The van der Waals surface area contributed by atoms with E-state index in [0.29, 0.717) is 18.2 Å². The van der Waals surface area contributed by atoms with Gasteiger partial charge >= 0.3 is 5.97 Å². The molecule has 1 aliphatic carbocycles. The lowest BCUT2D eigenvalue weighted by atomic mass is 9.95. The molecule has 0 spiro atoms. The molecule has 4 nitrogen and oxygen atoms in total. The predicted octanol–water partition coefficient (Wildman–Crippen LogP) is 4.81. The van der Waals surface area contributed by atoms with Gasteiger partial charge in [-0.05, 0) is 57.4 Å². The van der Waals surface area contributed by atoms with Crippen molar-refractivity contribution < 1.29 is 9.53 Å². The number of ether oxygens (including phenoxy) is 1. The van der Waals surface area contributed by atoms with Crippen molar-refractivity contribution >= 4 is 24.1 Å². The summed E-state index contributed by atoms with van der Waals surface area (Å²) < 4.78 is 5.56. The zero-order chi connectivity index (χ0) is 18.1. The second kappa shape index (κ2) is 12.2. The summed E-state index contributed by atoms with van der Waals surface area (Å²) in [5.41, 5.74) is 1.77. The monoisotopic (exact) mass is 382 g/mol. The van der Waals surface area contributed by atoms with E-state index in [-0.39, 0.29) is 24.4 Å². The van der Waals surface area contributed by atoms with Gasteiger partial charge in [-0.1, -0.05) is 26.2 Å². The average molecular weight is 383 g/mol. The first-order valence-electron chi connectivity index (χ1n) is 9.96. The highest BCUT2D eigenvalue weighted by atomic mass is 35.5. The van der Waals surface area contributed by atoms with Crippen molar-refractivity contribution in [2.75, 3.05) is 24.6 Å². The summed E-state index contributed by atoms with van der Waals surface area (Å²) in [6, 6.07) is 8.58. The first-order valence-corrected chi connectivity index (χ1v) is 9.96. The maximum absolute atomic E-state index is 12.3. The van der Waals surface area contributed by atoms with E-state index in [9.17, 15) is 4.79 Å². The number of benzene rings is 1. The quantitative estimate of drug-likeness (QED) is 0.622. The van der Waals surface area contributed by atoms with Crippen molar-refractivity contribution in [3.63, 3.8) is 0 Å². The van der Waals surface area contributed by atoms with Gasteiger partial charge in [0.2, 0.25) is 0 Å². The van der Waals surface area contributed by atoms with Crippen LogP contribution in [0.2, 0.25) is 0 Å². The van der Waals surface area contributed by atoms with Crippen LogP contribution >= 0.6 is 12.4 Å². The first kappa shape index (κ1) is 22.8. The van der Waals surface area contributed by atoms with E-state index in [2.05, 4.69) is 31.0 Å². The number of hydrogen-bond donors (Lipinski definition) is 1. The van der Waals surface area contributed by atoms with Crippen LogP contribution in [0.3, 0.4) is 0 Å². The van der Waals surface area contributed by atoms with Crippen molar-refractivity contribution in [2.45, 2.75) is 71.4 Å². The molecule has 0 saturated heterocycles. The number of rotatable bonds is 9. The molecule has 0 amide bonds. The molecular formula is C21H35ClN2O2. The molecule has 1 saturated carbocycles. The summed E-state index contributed by atoms with van der Waals surface area (Å²) in [6.07, 6.45) is 7.45. The van der Waals surface area contributed by atoms with Crippen LogP contribution < -0.4 is 10.2 Å². The van der Waals surface area contributed by atoms with Crippen LogP contribution in [-0.2, 0) is 4.74 Å². The van der Waals surface area contributed by atoms with Gasteiger partial charge in [0.05, 0.1) is 5.56 Å². The Labute approximate surface area is 165 Å². The van der Waals surface area contributed by atoms with Gasteiger partial charge in [-0.25, -0.2) is 4.79 Å². The molecule has 2 rings (SSSR count). The Morgan fingerprint density at radius 1 is 1.12 bits per heavy atom. The van der Waals surface area contributed by atoms with Crippen molar-refractivity contribution in [1.29, 1.82) is 0 Å². The summed E-state index contributed by atoms with van der Waals surface area (Å²) in [5, 5.41) is 3.67. The molecule has 148 valence electrons. The van der Waals surface area contributed by atoms with Crippen LogP contribution in [0.5, 0.6) is 0 Å². The van der Waals surface area contributed by atoms with E-state index < -0.39 is 0 Å². The fourth-order valence-electron chi connectivity index (χ4n) is 3.54. The molecular weight excluding hydrogens is 348 g/mol. The summed E-state index contributed by atoms with van der Waals surface area (Å²) >= 11 is 0. The normalized spacial score (nSPS) is 15.8. The molecule has 1 fully saturated rings. The molecule has 0 heterocycles. The van der Waals surface area contributed by atoms with Crippen molar-refractivity contribution in [3.05, 3.63) is 29.8 Å². The standard InChI is InChI=1S/C21H34N2O2.ClH/c1-4-18(22-19-10-8-7-9-11-19)16-25-21(24)17-12-14-20(15-13-17)23(5-2)6-3;/h12-15,18-19,22H,4-11,16H2,1-3H3;1H. The van der Waals surface area contributed by atoms with Gasteiger partial charge in [0.15, 0.2) is 0 Å². The maximum Gasteiger partial charge on any atom is 0.338 e. The zero-order valence-electron chi connectivity index (χ0n) is 16.5. The number of anilines is 1. The van der Waals surface area contributed by atoms with Gasteiger partial charge in [0.1, 0.15) is 6.61 Å². The number of esters is 1. The molecule has 0 aromatic heterocycles. The molecule has 1 N–H and O–H groups in total. The van der Waals surface area contributed by atoms with Crippen LogP contribution in [0.1, 0.15) is 69.7 Å². The number of carbonyl (C=O) groups excluding carboxylic acids is 1. The number of nitrogens with one attached hydrogen (secondary N) is 1. The molecule has 1 aromatic carbocycles. The fraction of sp³-hybridized carbons (Fsp3) is 0.667. The van der Waals surface area contributed by atoms with E-state index in [1.54, 1.807) is 0 Å². The molecule has 1 unspecified atom stereocenters. The van der Waals surface area contributed by atoms with Gasteiger partial charge in [0, 0.05) is 30.9 Å². The number of hydrogen-bond acceptors (Lipinski definition) is 4. The minimum absolute atomic E-state index is 0. The van der Waals surface area contributed by atoms with Crippen LogP contribution in [0, 0.1) is 0 Å². The van der Waals surface area contributed by atoms with Gasteiger partial charge in [0.25, 0.3) is 0 Å². The SMILES string of the molecule is CCC(COC(=O)c1ccc(N(CC)CC)cc1)NC1CCCCC1.Cl. The Bertz CT molecular complexity index is 511. The first-order chi connectivity index (χ1) is 12.2. The zero-order valence-corrected chi connectivity index (χ0v) is 17.3. The highest BCUT2D eigenvalue weighted by Gasteiger charge is 2.18. The Kier molecular flexibility index (Phi) is 10.7. The summed E-state index contributed by atoms with van der Waals surface area (Å²) in [7, 11) is 0. The molecule has 1 aromatic rings. The maximum atomic E-state index is 12.3. The predicted molar refractivity (Wildman–Crippen MR) is 112 cm³/mol. The Hall–Kier alpha value is -1.26. The van der Waals surface area contributed by atoms with Gasteiger partial charge in [-0.3, -0.25) is 0 Å². The van der Waals surface area contributed by atoms with Gasteiger partial charge in [-0.2, -0.15) is 0 Å². The largest absolute Gasteiger partial charge is 0.460 e. The Morgan fingerprint density at radius 3 is 2.27 bits per heavy atom. The van der Waals surface area contributed by atoms with Crippen LogP contribution in [0.25, 0.3) is 0 Å². The van der Waals surface area contributed by atoms with E-state index >= 15 is 0 Å². The highest BCUT2D eigenvalue weighted by Crippen LogP contribution is 2.19. The minimum Gasteiger partial charge on any atom is -0.460 e. The number of nitrogens with zero attached hydrogens (tertiary/aromatic N) is 1. The molecule has 5 heteroatoms. The molecule has 1 aliphatic rings. The third-order valence-electron chi connectivity index (χ3n) is 5.22. The molecule has 26 heavy (non-hydrogen) atoms. The third-order valence-corrected chi connectivity index (χ3v) is 5.22. The summed E-state index contributed by atoms with van der Waals surface area (Å²) in [6.45, 7) is 8.79. The van der Waals surface area contributed by atoms with E-state index in [1.165, 1.54) is 32.1 Å². The van der Waals surface area contributed by atoms with E-state index in [4.69, 9.17) is 4.74 Å². The van der Waals surface area contributed by atoms with Crippen LogP contribution in [0.4, 0.5) is 5.69 Å². The molecule has 0 radical (unpaired) electrons. The summed E-state index contributed by atoms with van der Waals surface area (Å²) in [4.78, 5) is 14.6. The third kappa shape index (κ3) is 6.81. The minimum atomic E-state index is -0.227. The lowest BCUT2D eigenvalue weighted by Crippen LogP contribution is -2.42. The number of carbonyl (C=O) groups is 1.